The summed E-state index contributed by atoms with van der Waals surface area (Å²) >= 11 is 0. The first-order valence-electron chi connectivity index (χ1n) is 9.82. The number of rotatable bonds is 6. The minimum Gasteiger partial charge on any atom is -0.309 e. The molecule has 1 amide bonds. The van der Waals surface area contributed by atoms with E-state index in [9.17, 15) is 13.2 Å². The van der Waals surface area contributed by atoms with Gasteiger partial charge in [-0.1, -0.05) is 45.0 Å². The molecule has 8 nitrogen and oxygen atoms in total. The van der Waals surface area contributed by atoms with E-state index in [-0.39, 0.29) is 12.0 Å². The molecule has 2 aromatic heterocycles. The van der Waals surface area contributed by atoms with Crippen molar-refractivity contribution in [2.75, 3.05) is 22.4 Å². The number of aromatic nitrogens is 3. The Morgan fingerprint density at radius 2 is 1.81 bits per heavy atom. The Labute approximate surface area is 183 Å². The minimum atomic E-state index is -3.67. The van der Waals surface area contributed by atoms with Crippen LogP contribution in [0.25, 0.3) is 5.82 Å². The molecule has 0 saturated carbocycles. The Hall–Kier alpha value is -3.20. The molecule has 3 rings (SSSR count). The maximum atomic E-state index is 12.9. The third-order valence-electron chi connectivity index (χ3n) is 4.68. The quantitative estimate of drug-likeness (QED) is 0.633. The Kier molecular flexibility index (Phi) is 6.17. The first-order chi connectivity index (χ1) is 14.5. The zero-order valence-electron chi connectivity index (χ0n) is 18.3. The number of benzene rings is 1. The molecule has 164 valence electrons. The van der Waals surface area contributed by atoms with E-state index in [0.29, 0.717) is 17.3 Å². The van der Waals surface area contributed by atoms with Crippen molar-refractivity contribution in [2.45, 2.75) is 33.1 Å². The summed E-state index contributed by atoms with van der Waals surface area (Å²) in [6.45, 7) is 7.51. The highest BCUT2D eigenvalue weighted by Gasteiger charge is 2.25. The Morgan fingerprint density at radius 1 is 1.13 bits per heavy atom. The van der Waals surface area contributed by atoms with Crippen LogP contribution in [0.1, 0.15) is 32.0 Å². The van der Waals surface area contributed by atoms with Gasteiger partial charge in [0.2, 0.25) is 15.9 Å². The predicted molar refractivity (Wildman–Crippen MR) is 122 cm³/mol. The van der Waals surface area contributed by atoms with Gasteiger partial charge in [0.25, 0.3) is 0 Å². The van der Waals surface area contributed by atoms with E-state index in [1.165, 1.54) is 0 Å². The lowest BCUT2D eigenvalue weighted by Gasteiger charge is -2.23. The standard InChI is InChI=1S/C22H27N5O3S/c1-16-10-6-7-11-17(16)26(31(5,29)30)15-21(28)24-20-14-18(22(2,3)4)25-27(20)19-12-8-9-13-23-19/h6-14H,15H2,1-5H3,(H,24,28). The van der Waals surface area contributed by atoms with Crippen molar-refractivity contribution in [3.8, 4) is 5.82 Å². The van der Waals surface area contributed by atoms with Gasteiger partial charge in [0.05, 0.1) is 17.6 Å². The van der Waals surface area contributed by atoms with Gasteiger partial charge in [0, 0.05) is 17.7 Å². The second-order valence-electron chi connectivity index (χ2n) is 8.37. The van der Waals surface area contributed by atoms with Gasteiger partial charge in [-0.15, -0.1) is 0 Å². The van der Waals surface area contributed by atoms with Crippen LogP contribution in [0, 0.1) is 6.92 Å². The van der Waals surface area contributed by atoms with E-state index in [1.807, 2.05) is 32.9 Å². The van der Waals surface area contributed by atoms with Crippen LogP contribution in [0.4, 0.5) is 11.5 Å². The fourth-order valence-electron chi connectivity index (χ4n) is 3.03. The van der Waals surface area contributed by atoms with Crippen LogP contribution in [0.5, 0.6) is 0 Å². The number of para-hydroxylation sites is 1. The molecule has 0 radical (unpaired) electrons. The van der Waals surface area contributed by atoms with Crippen LogP contribution in [0.2, 0.25) is 0 Å². The molecule has 3 aromatic rings. The third kappa shape index (κ3) is 5.29. The van der Waals surface area contributed by atoms with E-state index >= 15 is 0 Å². The minimum absolute atomic E-state index is 0.251. The SMILES string of the molecule is Cc1ccccc1N(CC(=O)Nc1cc(C(C)(C)C)nn1-c1ccccn1)S(C)(=O)=O. The number of amides is 1. The van der Waals surface area contributed by atoms with Crippen molar-refractivity contribution in [1.29, 1.82) is 0 Å². The van der Waals surface area contributed by atoms with E-state index in [4.69, 9.17) is 0 Å². The van der Waals surface area contributed by atoms with Crippen LogP contribution >= 0.6 is 0 Å². The Balaban J connectivity index is 1.94. The molecule has 9 heteroatoms. The van der Waals surface area contributed by atoms with Crippen LogP contribution in [-0.2, 0) is 20.2 Å². The lowest BCUT2D eigenvalue weighted by Crippen LogP contribution is -2.38. The highest BCUT2D eigenvalue weighted by molar-refractivity contribution is 7.92. The van der Waals surface area contributed by atoms with Crippen molar-refractivity contribution in [2.24, 2.45) is 0 Å². The number of carbonyl (C=O) groups excluding carboxylic acids is 1. The molecular weight excluding hydrogens is 414 g/mol. The fourth-order valence-corrected chi connectivity index (χ4v) is 3.94. The Bertz CT molecular complexity index is 1180. The normalized spacial score (nSPS) is 11.9. The van der Waals surface area contributed by atoms with Crippen LogP contribution in [0.15, 0.2) is 54.7 Å². The molecule has 31 heavy (non-hydrogen) atoms. The smallest absolute Gasteiger partial charge is 0.246 e. The molecule has 0 aliphatic carbocycles. The average Bonchev–Trinajstić information content (AvgIpc) is 3.11. The molecule has 0 aliphatic rings. The summed E-state index contributed by atoms with van der Waals surface area (Å²) in [5.41, 5.74) is 1.75. The molecule has 1 N–H and O–H groups in total. The van der Waals surface area contributed by atoms with Crippen molar-refractivity contribution >= 4 is 27.4 Å². The second-order valence-corrected chi connectivity index (χ2v) is 10.3. The van der Waals surface area contributed by atoms with Gasteiger partial charge in [0.15, 0.2) is 5.82 Å². The number of nitrogens with zero attached hydrogens (tertiary/aromatic N) is 4. The summed E-state index contributed by atoms with van der Waals surface area (Å²) in [5, 5.41) is 7.42. The number of aryl methyl sites for hydroxylation is 1. The molecule has 0 unspecified atom stereocenters. The number of anilines is 2. The maximum Gasteiger partial charge on any atom is 0.246 e. The van der Waals surface area contributed by atoms with Crippen LogP contribution < -0.4 is 9.62 Å². The number of carbonyl (C=O) groups is 1. The van der Waals surface area contributed by atoms with Gasteiger partial charge in [-0.3, -0.25) is 9.10 Å². The van der Waals surface area contributed by atoms with Gasteiger partial charge in [-0.05, 0) is 30.7 Å². The molecule has 0 bridgehead atoms. The summed E-state index contributed by atoms with van der Waals surface area (Å²) in [6, 6.07) is 14.2. The van der Waals surface area contributed by atoms with Crippen molar-refractivity contribution in [1.82, 2.24) is 14.8 Å². The molecular formula is C22H27N5O3S. The lowest BCUT2D eigenvalue weighted by molar-refractivity contribution is -0.114. The van der Waals surface area contributed by atoms with Crippen molar-refractivity contribution in [3.63, 3.8) is 0 Å². The molecule has 0 aliphatic heterocycles. The number of hydrogen-bond acceptors (Lipinski definition) is 5. The van der Waals surface area contributed by atoms with E-state index in [2.05, 4.69) is 15.4 Å². The monoisotopic (exact) mass is 441 g/mol. The number of sulfonamides is 1. The molecule has 0 fully saturated rings. The molecule has 2 heterocycles. The first kappa shape index (κ1) is 22.5. The molecule has 0 saturated heterocycles. The van der Waals surface area contributed by atoms with Crippen LogP contribution in [0.3, 0.4) is 0 Å². The van der Waals surface area contributed by atoms with Gasteiger partial charge in [-0.25, -0.2) is 13.4 Å². The Morgan fingerprint density at radius 3 is 2.39 bits per heavy atom. The summed E-state index contributed by atoms with van der Waals surface area (Å²) < 4.78 is 27.5. The van der Waals surface area contributed by atoms with Crippen molar-refractivity contribution in [3.05, 3.63) is 66.0 Å². The average molecular weight is 442 g/mol. The summed E-state index contributed by atoms with van der Waals surface area (Å²) in [7, 11) is -3.67. The predicted octanol–water partition coefficient (Wildman–Crippen LogP) is 3.28. The lowest BCUT2D eigenvalue weighted by atomic mass is 9.92. The largest absolute Gasteiger partial charge is 0.309 e. The van der Waals surface area contributed by atoms with Gasteiger partial charge < -0.3 is 5.32 Å². The molecule has 0 atom stereocenters. The van der Waals surface area contributed by atoms with Gasteiger partial charge in [0.1, 0.15) is 12.4 Å². The molecule has 0 spiro atoms. The summed E-state index contributed by atoms with van der Waals surface area (Å²) in [4.78, 5) is 17.2. The van der Waals surface area contributed by atoms with E-state index < -0.39 is 15.9 Å². The van der Waals surface area contributed by atoms with E-state index in [1.54, 1.807) is 54.2 Å². The third-order valence-corrected chi connectivity index (χ3v) is 5.81. The highest BCUT2D eigenvalue weighted by atomic mass is 32.2. The molecule has 1 aromatic carbocycles. The van der Waals surface area contributed by atoms with Gasteiger partial charge >= 0.3 is 0 Å². The van der Waals surface area contributed by atoms with E-state index in [0.717, 1.165) is 21.8 Å². The topological polar surface area (TPSA) is 97.2 Å². The first-order valence-corrected chi connectivity index (χ1v) is 11.7. The zero-order valence-corrected chi connectivity index (χ0v) is 19.1. The highest BCUT2D eigenvalue weighted by Crippen LogP contribution is 2.26. The number of hydrogen-bond donors (Lipinski definition) is 1. The summed E-state index contributed by atoms with van der Waals surface area (Å²) in [6.07, 6.45) is 2.73. The fraction of sp³-hybridized carbons (Fsp3) is 0.318. The van der Waals surface area contributed by atoms with Crippen LogP contribution in [-0.4, -0.2) is 41.9 Å². The maximum absolute atomic E-state index is 12.9. The number of pyridine rings is 1. The summed E-state index contributed by atoms with van der Waals surface area (Å²) in [5.74, 6) is 0.491. The second kappa shape index (κ2) is 8.50. The van der Waals surface area contributed by atoms with Crippen molar-refractivity contribution < 1.29 is 13.2 Å². The number of nitrogens with one attached hydrogen (secondary N) is 1. The van der Waals surface area contributed by atoms with Gasteiger partial charge in [-0.2, -0.15) is 9.78 Å². The zero-order chi connectivity index (χ0) is 22.8.